The molecule has 2 unspecified atom stereocenters. The lowest BCUT2D eigenvalue weighted by Crippen LogP contribution is -2.38. The van der Waals surface area contributed by atoms with E-state index in [0.29, 0.717) is 5.56 Å². The molecule has 0 aromatic heterocycles. The van der Waals surface area contributed by atoms with Crippen LogP contribution in [0.4, 0.5) is 0 Å². The van der Waals surface area contributed by atoms with Gasteiger partial charge >= 0.3 is 0 Å². The number of hydrogen-bond donors (Lipinski definition) is 2. The van der Waals surface area contributed by atoms with Crippen LogP contribution in [0.25, 0.3) is 0 Å². The highest BCUT2D eigenvalue weighted by molar-refractivity contribution is 6.11. The molecular weight excluding hydrogens is 244 g/mol. The zero-order chi connectivity index (χ0) is 14.0. The molecule has 0 fully saturated rings. The normalized spacial score (nSPS) is 26.6. The Hall–Kier alpha value is -1.91. The number of ether oxygens (including phenoxy) is 1. The molecule has 100 valence electrons. The molecule has 0 heterocycles. The molecule has 1 aliphatic rings. The molecule has 2 atom stereocenters. The topological polar surface area (TPSA) is 66.8 Å². The van der Waals surface area contributed by atoms with Crippen LogP contribution < -0.4 is 0 Å². The average molecular weight is 260 g/mol. The van der Waals surface area contributed by atoms with Gasteiger partial charge in [0, 0.05) is 24.7 Å². The second-order valence-corrected chi connectivity index (χ2v) is 4.55. The standard InChI is InChI=1S/C15H16O4/c1-10-8-12(13(16)9-15(10,18)19-2)14(17)11-6-4-3-5-7-11/h3-10,16,18H,1-2H3. The van der Waals surface area contributed by atoms with E-state index in [2.05, 4.69) is 0 Å². The lowest BCUT2D eigenvalue weighted by Gasteiger charge is -2.31. The quantitative estimate of drug-likeness (QED) is 0.646. The number of benzene rings is 1. The highest BCUT2D eigenvalue weighted by Gasteiger charge is 2.36. The Kier molecular flexibility index (Phi) is 3.55. The first-order valence-corrected chi connectivity index (χ1v) is 5.99. The summed E-state index contributed by atoms with van der Waals surface area (Å²) in [5.41, 5.74) is 0.671. The van der Waals surface area contributed by atoms with Crippen LogP contribution >= 0.6 is 0 Å². The van der Waals surface area contributed by atoms with Crippen LogP contribution in [-0.2, 0) is 4.74 Å². The second-order valence-electron chi connectivity index (χ2n) is 4.55. The first kappa shape index (κ1) is 13.5. The summed E-state index contributed by atoms with van der Waals surface area (Å²) in [6.07, 6.45) is 2.68. The zero-order valence-corrected chi connectivity index (χ0v) is 10.8. The molecular formula is C15H16O4. The molecule has 2 N–H and O–H groups in total. The predicted molar refractivity (Wildman–Crippen MR) is 70.7 cm³/mol. The van der Waals surface area contributed by atoms with Gasteiger partial charge in [0.2, 0.25) is 0 Å². The number of aliphatic hydroxyl groups is 2. The third kappa shape index (κ3) is 2.45. The molecule has 2 rings (SSSR count). The molecule has 4 nitrogen and oxygen atoms in total. The largest absolute Gasteiger partial charge is 0.507 e. The summed E-state index contributed by atoms with van der Waals surface area (Å²) in [5.74, 6) is -2.56. The van der Waals surface area contributed by atoms with Gasteiger partial charge in [-0.1, -0.05) is 43.3 Å². The monoisotopic (exact) mass is 260 g/mol. The van der Waals surface area contributed by atoms with E-state index >= 15 is 0 Å². The third-order valence-corrected chi connectivity index (χ3v) is 3.30. The summed E-state index contributed by atoms with van der Waals surface area (Å²) in [6.45, 7) is 1.71. The number of hydrogen-bond acceptors (Lipinski definition) is 4. The molecule has 19 heavy (non-hydrogen) atoms. The molecule has 1 aromatic rings. The third-order valence-electron chi connectivity index (χ3n) is 3.30. The number of aliphatic hydroxyl groups excluding tert-OH is 1. The van der Waals surface area contributed by atoms with E-state index in [0.717, 1.165) is 6.08 Å². The second kappa shape index (κ2) is 4.99. The lowest BCUT2D eigenvalue weighted by molar-refractivity contribution is -0.171. The zero-order valence-electron chi connectivity index (χ0n) is 10.8. The maximum absolute atomic E-state index is 12.3. The fourth-order valence-electron chi connectivity index (χ4n) is 2.04. The minimum Gasteiger partial charge on any atom is -0.507 e. The number of methoxy groups -OCH3 is 1. The molecule has 0 aliphatic heterocycles. The Bertz CT molecular complexity index is 545. The van der Waals surface area contributed by atoms with Crippen molar-refractivity contribution in [1.82, 2.24) is 0 Å². The summed E-state index contributed by atoms with van der Waals surface area (Å²) < 4.78 is 4.96. The minimum absolute atomic E-state index is 0.181. The van der Waals surface area contributed by atoms with Crippen molar-refractivity contribution in [3.8, 4) is 0 Å². The van der Waals surface area contributed by atoms with Gasteiger partial charge < -0.3 is 14.9 Å². The fourth-order valence-corrected chi connectivity index (χ4v) is 2.04. The Balaban J connectivity index is 2.35. The smallest absolute Gasteiger partial charge is 0.196 e. The van der Waals surface area contributed by atoms with Gasteiger partial charge in [0.1, 0.15) is 5.76 Å². The minimum atomic E-state index is -1.58. The molecule has 0 saturated heterocycles. The van der Waals surface area contributed by atoms with Gasteiger partial charge in [-0.25, -0.2) is 0 Å². The van der Waals surface area contributed by atoms with Crippen LogP contribution in [0.2, 0.25) is 0 Å². The van der Waals surface area contributed by atoms with Crippen LogP contribution in [-0.4, -0.2) is 28.9 Å². The van der Waals surface area contributed by atoms with E-state index < -0.39 is 11.7 Å². The Morgan fingerprint density at radius 3 is 2.53 bits per heavy atom. The lowest BCUT2D eigenvalue weighted by atomic mass is 9.87. The van der Waals surface area contributed by atoms with E-state index in [9.17, 15) is 15.0 Å². The molecule has 0 amide bonds. The predicted octanol–water partition coefficient (Wildman–Crippen LogP) is 2.22. The Morgan fingerprint density at radius 1 is 1.32 bits per heavy atom. The first-order chi connectivity index (χ1) is 8.98. The van der Waals surface area contributed by atoms with Crippen molar-refractivity contribution < 1.29 is 19.7 Å². The van der Waals surface area contributed by atoms with Gasteiger partial charge in [-0.15, -0.1) is 0 Å². The van der Waals surface area contributed by atoms with E-state index in [1.54, 1.807) is 31.2 Å². The average Bonchev–Trinajstić information content (AvgIpc) is 2.43. The van der Waals surface area contributed by atoms with Crippen LogP contribution in [0.5, 0.6) is 0 Å². The van der Waals surface area contributed by atoms with Crippen molar-refractivity contribution in [3.63, 3.8) is 0 Å². The molecule has 0 saturated carbocycles. The van der Waals surface area contributed by atoms with E-state index in [1.807, 2.05) is 6.07 Å². The van der Waals surface area contributed by atoms with Crippen LogP contribution in [0.15, 0.2) is 53.8 Å². The molecule has 1 aromatic carbocycles. The van der Waals surface area contributed by atoms with Crippen molar-refractivity contribution in [1.29, 1.82) is 0 Å². The van der Waals surface area contributed by atoms with Gasteiger partial charge in [0.15, 0.2) is 11.6 Å². The molecule has 0 radical (unpaired) electrons. The van der Waals surface area contributed by atoms with Crippen LogP contribution in [0, 0.1) is 5.92 Å². The number of allylic oxidation sites excluding steroid dienone is 1. The van der Waals surface area contributed by atoms with Gasteiger partial charge in [-0.05, 0) is 0 Å². The highest BCUT2D eigenvalue weighted by Crippen LogP contribution is 2.32. The Labute approximate surface area is 111 Å². The van der Waals surface area contributed by atoms with E-state index in [4.69, 9.17) is 4.74 Å². The van der Waals surface area contributed by atoms with Gasteiger partial charge in [-0.3, -0.25) is 4.79 Å². The van der Waals surface area contributed by atoms with Crippen molar-refractivity contribution in [2.24, 2.45) is 5.92 Å². The number of carbonyl (C=O) groups is 1. The van der Waals surface area contributed by atoms with Crippen LogP contribution in [0.3, 0.4) is 0 Å². The summed E-state index contributed by atoms with van der Waals surface area (Å²) >= 11 is 0. The first-order valence-electron chi connectivity index (χ1n) is 5.99. The number of rotatable bonds is 3. The van der Waals surface area contributed by atoms with Gasteiger partial charge in [0.25, 0.3) is 0 Å². The maximum Gasteiger partial charge on any atom is 0.196 e. The Morgan fingerprint density at radius 2 is 1.95 bits per heavy atom. The van der Waals surface area contributed by atoms with E-state index in [1.165, 1.54) is 13.2 Å². The number of carbonyl (C=O) groups excluding carboxylic acids is 1. The van der Waals surface area contributed by atoms with E-state index in [-0.39, 0.29) is 17.1 Å². The summed E-state index contributed by atoms with van der Waals surface area (Å²) in [6, 6.07) is 8.68. The molecule has 0 spiro atoms. The maximum atomic E-state index is 12.3. The van der Waals surface area contributed by atoms with Crippen molar-refractivity contribution in [2.75, 3.05) is 7.11 Å². The summed E-state index contributed by atoms with van der Waals surface area (Å²) in [4.78, 5) is 12.3. The van der Waals surface area contributed by atoms with Gasteiger partial charge in [-0.2, -0.15) is 0 Å². The number of Topliss-reactive ketones (excluding diaryl/α,β-unsaturated/α-hetero) is 1. The molecule has 0 bridgehead atoms. The summed E-state index contributed by atoms with van der Waals surface area (Å²) in [5, 5.41) is 20.0. The van der Waals surface area contributed by atoms with Crippen molar-refractivity contribution in [3.05, 3.63) is 59.4 Å². The van der Waals surface area contributed by atoms with Gasteiger partial charge in [0.05, 0.1) is 5.57 Å². The SMILES string of the molecule is COC1(O)C=C(O)C(C(=O)c2ccccc2)=CC1C. The molecule has 1 aliphatic carbocycles. The molecule has 4 heteroatoms. The highest BCUT2D eigenvalue weighted by atomic mass is 16.6. The summed E-state index contributed by atoms with van der Waals surface area (Å²) in [7, 11) is 1.35. The van der Waals surface area contributed by atoms with Crippen molar-refractivity contribution >= 4 is 5.78 Å². The number of ketones is 1. The fraction of sp³-hybridized carbons (Fsp3) is 0.267. The van der Waals surface area contributed by atoms with Crippen molar-refractivity contribution in [2.45, 2.75) is 12.7 Å². The van der Waals surface area contributed by atoms with Crippen LogP contribution in [0.1, 0.15) is 17.3 Å².